The zero-order valence-corrected chi connectivity index (χ0v) is 15.8. The van der Waals surface area contributed by atoms with Crippen LogP contribution in [0.5, 0.6) is 0 Å². The Labute approximate surface area is 165 Å². The van der Waals surface area contributed by atoms with Gasteiger partial charge in [-0.1, -0.05) is 12.1 Å². The zero-order chi connectivity index (χ0) is 19.5. The summed E-state index contributed by atoms with van der Waals surface area (Å²) in [6.07, 6.45) is 0.858. The van der Waals surface area contributed by atoms with Gasteiger partial charge in [-0.15, -0.1) is 11.3 Å². The van der Waals surface area contributed by atoms with Gasteiger partial charge in [0.2, 0.25) is 0 Å². The Kier molecular flexibility index (Phi) is 5.08. The Bertz CT molecular complexity index is 1030. The molecule has 2 aromatic carbocycles. The average Bonchev–Trinajstić information content (AvgIpc) is 3.16. The number of thiophene rings is 1. The lowest BCUT2D eigenvalue weighted by Crippen LogP contribution is -2.38. The number of hydrogen-bond acceptors (Lipinski definition) is 3. The third-order valence-electron chi connectivity index (χ3n) is 4.55. The lowest BCUT2D eigenvalue weighted by molar-refractivity contribution is 0.102. The molecule has 0 saturated heterocycles. The Morgan fingerprint density at radius 2 is 1.79 bits per heavy atom. The first-order chi connectivity index (χ1) is 13.6. The number of hydrogen-bond donors (Lipinski definition) is 2. The van der Waals surface area contributed by atoms with Crippen LogP contribution in [0.25, 0.3) is 0 Å². The zero-order valence-electron chi connectivity index (χ0n) is 14.9. The standard InChI is InChI=1S/C21H18FN3O2S/c22-16-4-2-6-18(12-16)23-20(26)14-3-1-5-17(11-14)24-21(27)25-9-7-19-15(13-25)8-10-28-19/h1-6,8,10-12H,7,9,13H2,(H,23,26)(H,24,27). The van der Waals surface area contributed by atoms with Crippen molar-refractivity contribution in [2.24, 2.45) is 0 Å². The van der Waals surface area contributed by atoms with Gasteiger partial charge < -0.3 is 15.5 Å². The second kappa shape index (κ2) is 7.82. The predicted molar refractivity (Wildman–Crippen MR) is 108 cm³/mol. The van der Waals surface area contributed by atoms with E-state index in [4.69, 9.17) is 0 Å². The summed E-state index contributed by atoms with van der Waals surface area (Å²) in [5.41, 5.74) is 2.47. The van der Waals surface area contributed by atoms with Crippen molar-refractivity contribution in [3.05, 3.63) is 81.8 Å². The molecule has 0 bridgehead atoms. The van der Waals surface area contributed by atoms with Gasteiger partial charge in [0, 0.05) is 34.9 Å². The van der Waals surface area contributed by atoms with E-state index in [1.807, 2.05) is 5.38 Å². The minimum atomic E-state index is -0.422. The van der Waals surface area contributed by atoms with Crippen molar-refractivity contribution >= 4 is 34.6 Å². The highest BCUT2D eigenvalue weighted by molar-refractivity contribution is 7.10. The summed E-state index contributed by atoms with van der Waals surface area (Å²) < 4.78 is 13.3. The van der Waals surface area contributed by atoms with E-state index < -0.39 is 5.82 Å². The molecule has 1 aromatic heterocycles. The van der Waals surface area contributed by atoms with Gasteiger partial charge in [-0.05, 0) is 59.8 Å². The molecule has 1 aliphatic rings. The van der Waals surface area contributed by atoms with Crippen molar-refractivity contribution in [2.45, 2.75) is 13.0 Å². The SMILES string of the molecule is O=C(Nc1cccc(F)c1)c1cccc(NC(=O)N2CCc3sccc3C2)c1. The molecule has 0 spiro atoms. The number of nitrogens with zero attached hydrogens (tertiary/aromatic N) is 1. The highest BCUT2D eigenvalue weighted by Gasteiger charge is 2.21. The van der Waals surface area contributed by atoms with Gasteiger partial charge in [-0.3, -0.25) is 4.79 Å². The van der Waals surface area contributed by atoms with Gasteiger partial charge in [0.25, 0.3) is 5.91 Å². The van der Waals surface area contributed by atoms with Crippen LogP contribution in [0.2, 0.25) is 0 Å². The van der Waals surface area contributed by atoms with Crippen LogP contribution in [0.1, 0.15) is 20.8 Å². The lowest BCUT2D eigenvalue weighted by atomic mass is 10.1. The molecule has 0 radical (unpaired) electrons. The first-order valence-electron chi connectivity index (χ1n) is 8.86. The molecular weight excluding hydrogens is 377 g/mol. The number of carbonyl (C=O) groups is 2. The summed E-state index contributed by atoms with van der Waals surface area (Å²) in [7, 11) is 0. The number of halogens is 1. The van der Waals surface area contributed by atoms with E-state index in [1.165, 1.54) is 28.6 Å². The molecule has 0 aliphatic carbocycles. The summed E-state index contributed by atoms with van der Waals surface area (Å²) in [5.74, 6) is -0.795. The molecule has 2 heterocycles. The van der Waals surface area contributed by atoms with Crippen molar-refractivity contribution in [2.75, 3.05) is 17.2 Å². The second-order valence-corrected chi connectivity index (χ2v) is 7.52. The molecule has 0 atom stereocenters. The topological polar surface area (TPSA) is 61.4 Å². The summed E-state index contributed by atoms with van der Waals surface area (Å²) >= 11 is 1.72. The fourth-order valence-electron chi connectivity index (χ4n) is 3.13. The molecule has 0 unspecified atom stereocenters. The number of carbonyl (C=O) groups excluding carboxylic acids is 2. The van der Waals surface area contributed by atoms with Crippen LogP contribution in [0.4, 0.5) is 20.6 Å². The quantitative estimate of drug-likeness (QED) is 0.674. The molecule has 5 nitrogen and oxygen atoms in total. The van der Waals surface area contributed by atoms with Crippen LogP contribution in [-0.4, -0.2) is 23.4 Å². The third-order valence-corrected chi connectivity index (χ3v) is 5.58. The van der Waals surface area contributed by atoms with Crippen molar-refractivity contribution in [3.8, 4) is 0 Å². The monoisotopic (exact) mass is 395 g/mol. The first-order valence-corrected chi connectivity index (χ1v) is 9.74. The van der Waals surface area contributed by atoms with Crippen LogP contribution >= 0.6 is 11.3 Å². The Balaban J connectivity index is 1.42. The van der Waals surface area contributed by atoms with E-state index in [0.717, 1.165) is 6.42 Å². The fraction of sp³-hybridized carbons (Fsp3) is 0.143. The van der Waals surface area contributed by atoms with Crippen molar-refractivity contribution in [1.29, 1.82) is 0 Å². The third kappa shape index (κ3) is 4.04. The highest BCUT2D eigenvalue weighted by atomic mass is 32.1. The molecule has 142 valence electrons. The van der Waals surface area contributed by atoms with Crippen LogP contribution < -0.4 is 10.6 Å². The number of rotatable bonds is 3. The van der Waals surface area contributed by atoms with Crippen LogP contribution in [-0.2, 0) is 13.0 Å². The lowest BCUT2D eigenvalue weighted by Gasteiger charge is -2.27. The molecule has 1 aliphatic heterocycles. The summed E-state index contributed by atoms with van der Waals surface area (Å²) in [6, 6.07) is 14.2. The van der Waals surface area contributed by atoms with Crippen LogP contribution in [0, 0.1) is 5.82 Å². The van der Waals surface area contributed by atoms with E-state index in [9.17, 15) is 14.0 Å². The molecular formula is C21H18FN3O2S. The average molecular weight is 395 g/mol. The number of amides is 3. The normalized spacial score (nSPS) is 13.0. The molecule has 7 heteroatoms. The van der Waals surface area contributed by atoms with Gasteiger partial charge in [0.15, 0.2) is 0 Å². The fourth-order valence-corrected chi connectivity index (χ4v) is 4.02. The van der Waals surface area contributed by atoms with E-state index in [1.54, 1.807) is 46.6 Å². The van der Waals surface area contributed by atoms with E-state index in [0.29, 0.717) is 30.0 Å². The minimum Gasteiger partial charge on any atom is -0.322 e. The van der Waals surface area contributed by atoms with Gasteiger partial charge in [0.1, 0.15) is 5.82 Å². The summed E-state index contributed by atoms with van der Waals surface area (Å²) in [6.45, 7) is 1.25. The van der Waals surface area contributed by atoms with Crippen LogP contribution in [0.3, 0.4) is 0 Å². The van der Waals surface area contributed by atoms with Gasteiger partial charge in [-0.2, -0.15) is 0 Å². The molecule has 2 N–H and O–H groups in total. The largest absolute Gasteiger partial charge is 0.322 e. The number of anilines is 2. The van der Waals surface area contributed by atoms with Crippen molar-refractivity contribution < 1.29 is 14.0 Å². The highest BCUT2D eigenvalue weighted by Crippen LogP contribution is 2.24. The first kappa shape index (κ1) is 18.2. The number of fused-ring (bicyclic) bond motifs is 1. The molecule has 3 amide bonds. The van der Waals surface area contributed by atoms with Gasteiger partial charge in [-0.25, -0.2) is 9.18 Å². The Morgan fingerprint density at radius 1 is 1.00 bits per heavy atom. The molecule has 28 heavy (non-hydrogen) atoms. The second-order valence-electron chi connectivity index (χ2n) is 6.52. The maximum Gasteiger partial charge on any atom is 0.322 e. The number of urea groups is 1. The van der Waals surface area contributed by atoms with Crippen molar-refractivity contribution in [1.82, 2.24) is 4.90 Å². The molecule has 3 aromatic rings. The van der Waals surface area contributed by atoms with Gasteiger partial charge in [0.05, 0.1) is 0 Å². The maximum absolute atomic E-state index is 13.3. The van der Waals surface area contributed by atoms with Gasteiger partial charge >= 0.3 is 6.03 Å². The predicted octanol–water partition coefficient (Wildman–Crippen LogP) is 4.73. The number of benzene rings is 2. The molecule has 4 rings (SSSR count). The van der Waals surface area contributed by atoms with E-state index >= 15 is 0 Å². The maximum atomic E-state index is 13.3. The summed E-state index contributed by atoms with van der Waals surface area (Å²) in [5, 5.41) is 7.55. The number of nitrogens with one attached hydrogen (secondary N) is 2. The Hall–Kier alpha value is -3.19. The Morgan fingerprint density at radius 3 is 2.61 bits per heavy atom. The van der Waals surface area contributed by atoms with E-state index in [-0.39, 0.29) is 11.9 Å². The summed E-state index contributed by atoms with van der Waals surface area (Å²) in [4.78, 5) is 28.1. The van der Waals surface area contributed by atoms with E-state index in [2.05, 4.69) is 16.7 Å². The smallest absolute Gasteiger partial charge is 0.322 e. The van der Waals surface area contributed by atoms with Crippen LogP contribution in [0.15, 0.2) is 60.0 Å². The molecule has 0 saturated carbocycles. The molecule has 0 fully saturated rings. The van der Waals surface area contributed by atoms with Crippen molar-refractivity contribution in [3.63, 3.8) is 0 Å². The minimum absolute atomic E-state index is 0.195.